The molecule has 0 unspecified atom stereocenters. The van der Waals surface area contributed by atoms with Crippen LogP contribution in [0.2, 0.25) is 0 Å². The van der Waals surface area contributed by atoms with Gasteiger partial charge in [-0.25, -0.2) is 8.97 Å². The van der Waals surface area contributed by atoms with Gasteiger partial charge in [0.05, 0.1) is 24.3 Å². The highest BCUT2D eigenvalue weighted by atomic mass is 32.2. The second kappa shape index (κ2) is 7.96. The average Bonchev–Trinajstić information content (AvgIpc) is 3.33. The van der Waals surface area contributed by atoms with Gasteiger partial charge < -0.3 is 9.84 Å². The summed E-state index contributed by atoms with van der Waals surface area (Å²) in [5, 5.41) is 20.0. The molecule has 5 rings (SSSR count). The summed E-state index contributed by atoms with van der Waals surface area (Å²) in [6.45, 7) is 4.02. The van der Waals surface area contributed by atoms with Gasteiger partial charge in [-0.1, -0.05) is 18.7 Å². The van der Waals surface area contributed by atoms with E-state index in [1.807, 2.05) is 28.7 Å². The summed E-state index contributed by atoms with van der Waals surface area (Å²) in [7, 11) is 1.62. The Labute approximate surface area is 187 Å². The Morgan fingerprint density at radius 3 is 2.81 bits per heavy atom. The van der Waals surface area contributed by atoms with Crippen molar-refractivity contribution in [3.63, 3.8) is 0 Å². The standard InChI is InChI=1S/C22H24N4O3S2/c1-12-4-9-16-17(10-12)31-20-18(16)19(28)25(14-5-7-15(29-3)8-6-14)21-23-24-22(26(20)21)30-11-13(2)27/h5-8,12-13,27H,4,9-11H2,1-3H3/t12-,13-/m1/s1. The molecule has 2 atom stereocenters. The van der Waals surface area contributed by atoms with Crippen molar-refractivity contribution >= 4 is 39.1 Å². The summed E-state index contributed by atoms with van der Waals surface area (Å²) in [5.41, 5.74) is 1.84. The topological polar surface area (TPSA) is 81.7 Å². The Hall–Kier alpha value is -2.36. The predicted octanol–water partition coefficient (Wildman–Crippen LogP) is 3.70. The van der Waals surface area contributed by atoms with E-state index in [9.17, 15) is 9.90 Å². The minimum absolute atomic E-state index is 0.0563. The first-order valence-corrected chi connectivity index (χ1v) is 12.2. The number of thioether (sulfide) groups is 1. The van der Waals surface area contributed by atoms with Crippen molar-refractivity contribution in [1.82, 2.24) is 19.2 Å². The number of benzene rings is 1. The van der Waals surface area contributed by atoms with Crippen LogP contribution in [-0.2, 0) is 12.8 Å². The van der Waals surface area contributed by atoms with Gasteiger partial charge in [0.2, 0.25) is 5.78 Å². The highest BCUT2D eigenvalue weighted by molar-refractivity contribution is 7.99. The summed E-state index contributed by atoms with van der Waals surface area (Å²) >= 11 is 3.14. The van der Waals surface area contributed by atoms with Gasteiger partial charge in [0.1, 0.15) is 10.6 Å². The Morgan fingerprint density at radius 2 is 2.10 bits per heavy atom. The van der Waals surface area contributed by atoms with Crippen molar-refractivity contribution in [2.24, 2.45) is 5.92 Å². The van der Waals surface area contributed by atoms with Gasteiger partial charge in [-0.15, -0.1) is 21.5 Å². The summed E-state index contributed by atoms with van der Waals surface area (Å²) in [6, 6.07) is 7.41. The molecule has 0 saturated carbocycles. The van der Waals surface area contributed by atoms with Crippen LogP contribution in [0.15, 0.2) is 34.2 Å². The maximum absolute atomic E-state index is 13.8. The molecule has 0 radical (unpaired) electrons. The molecule has 0 amide bonds. The number of aromatic nitrogens is 4. The average molecular weight is 457 g/mol. The maximum atomic E-state index is 13.8. The van der Waals surface area contributed by atoms with Crippen LogP contribution < -0.4 is 10.3 Å². The summed E-state index contributed by atoms with van der Waals surface area (Å²) in [6.07, 6.45) is 2.54. The number of hydrogen-bond donors (Lipinski definition) is 1. The molecule has 3 heterocycles. The Balaban J connectivity index is 1.83. The van der Waals surface area contributed by atoms with Crippen LogP contribution in [0.4, 0.5) is 0 Å². The summed E-state index contributed by atoms with van der Waals surface area (Å²) < 4.78 is 8.91. The van der Waals surface area contributed by atoms with E-state index in [1.165, 1.54) is 22.2 Å². The first-order chi connectivity index (χ1) is 15.0. The number of nitrogens with zero attached hydrogens (tertiary/aromatic N) is 4. The number of aliphatic hydroxyl groups is 1. The van der Waals surface area contributed by atoms with E-state index in [2.05, 4.69) is 17.1 Å². The van der Waals surface area contributed by atoms with Crippen LogP contribution in [0.25, 0.3) is 21.7 Å². The van der Waals surface area contributed by atoms with Gasteiger partial charge in [0.25, 0.3) is 5.56 Å². The quantitative estimate of drug-likeness (QED) is 0.461. The lowest BCUT2D eigenvalue weighted by Crippen LogP contribution is -2.22. The molecule has 1 aromatic carbocycles. The molecule has 0 bridgehead atoms. The number of ether oxygens (including phenoxy) is 1. The van der Waals surface area contributed by atoms with E-state index in [-0.39, 0.29) is 5.56 Å². The van der Waals surface area contributed by atoms with Crippen molar-refractivity contribution in [3.05, 3.63) is 45.1 Å². The molecule has 1 aliphatic rings. The van der Waals surface area contributed by atoms with Gasteiger partial charge in [0, 0.05) is 10.6 Å². The molecular weight excluding hydrogens is 432 g/mol. The van der Waals surface area contributed by atoms with Gasteiger partial charge in [0.15, 0.2) is 5.16 Å². The molecule has 0 spiro atoms. The second-order valence-electron chi connectivity index (χ2n) is 8.15. The second-order valence-corrected chi connectivity index (χ2v) is 10.2. The molecule has 0 aliphatic heterocycles. The Bertz CT molecular complexity index is 1320. The molecule has 31 heavy (non-hydrogen) atoms. The molecule has 7 nitrogen and oxygen atoms in total. The first-order valence-electron chi connectivity index (χ1n) is 10.4. The van der Waals surface area contributed by atoms with Gasteiger partial charge in [-0.2, -0.15) is 0 Å². The number of rotatable bonds is 5. The Morgan fingerprint density at radius 1 is 1.32 bits per heavy atom. The third kappa shape index (κ3) is 3.44. The van der Waals surface area contributed by atoms with Crippen LogP contribution >= 0.6 is 23.1 Å². The van der Waals surface area contributed by atoms with Gasteiger partial charge in [-0.3, -0.25) is 4.79 Å². The van der Waals surface area contributed by atoms with Crippen molar-refractivity contribution in [3.8, 4) is 11.4 Å². The van der Waals surface area contributed by atoms with Gasteiger partial charge >= 0.3 is 0 Å². The molecule has 1 N–H and O–H groups in total. The van der Waals surface area contributed by atoms with E-state index in [1.54, 1.807) is 29.9 Å². The number of thiophene rings is 1. The minimum atomic E-state index is -0.460. The van der Waals surface area contributed by atoms with E-state index >= 15 is 0 Å². The van der Waals surface area contributed by atoms with E-state index in [0.717, 1.165) is 40.9 Å². The lowest BCUT2D eigenvalue weighted by molar-refractivity contribution is 0.220. The number of hydrogen-bond acceptors (Lipinski definition) is 7. The zero-order chi connectivity index (χ0) is 21.7. The third-order valence-electron chi connectivity index (χ3n) is 5.71. The fourth-order valence-electron chi connectivity index (χ4n) is 4.15. The molecule has 3 aromatic heterocycles. The van der Waals surface area contributed by atoms with E-state index in [0.29, 0.717) is 22.6 Å². The predicted molar refractivity (Wildman–Crippen MR) is 124 cm³/mol. The molecule has 1 aliphatic carbocycles. The van der Waals surface area contributed by atoms with E-state index in [4.69, 9.17) is 4.74 Å². The normalized spacial score (nSPS) is 17.2. The number of aliphatic hydroxyl groups excluding tert-OH is 1. The first kappa shape index (κ1) is 20.5. The maximum Gasteiger partial charge on any atom is 0.268 e. The Kier molecular flexibility index (Phi) is 5.27. The fraction of sp³-hybridized carbons (Fsp3) is 0.409. The lowest BCUT2D eigenvalue weighted by Gasteiger charge is -2.17. The fourth-order valence-corrected chi connectivity index (χ4v) is 6.50. The lowest BCUT2D eigenvalue weighted by atomic mass is 9.89. The van der Waals surface area contributed by atoms with Crippen molar-refractivity contribution < 1.29 is 9.84 Å². The zero-order valence-electron chi connectivity index (χ0n) is 17.7. The van der Waals surface area contributed by atoms with Crippen molar-refractivity contribution in [1.29, 1.82) is 0 Å². The number of methoxy groups -OCH3 is 1. The van der Waals surface area contributed by atoms with Crippen LogP contribution in [0.1, 0.15) is 30.7 Å². The molecule has 162 valence electrons. The third-order valence-corrected chi connectivity index (χ3v) is 8.12. The van der Waals surface area contributed by atoms with Crippen LogP contribution in [0.5, 0.6) is 5.75 Å². The van der Waals surface area contributed by atoms with Crippen molar-refractivity contribution in [2.75, 3.05) is 12.9 Å². The SMILES string of the molecule is COc1ccc(-n2c(=O)c3c4c(sc3n3c(SC[C@@H](C)O)nnc23)C[C@H](C)CC4)cc1. The smallest absolute Gasteiger partial charge is 0.268 e. The monoisotopic (exact) mass is 456 g/mol. The zero-order valence-corrected chi connectivity index (χ0v) is 19.3. The van der Waals surface area contributed by atoms with Crippen LogP contribution in [0, 0.1) is 5.92 Å². The van der Waals surface area contributed by atoms with Crippen molar-refractivity contribution in [2.45, 2.75) is 44.4 Å². The molecule has 0 saturated heterocycles. The van der Waals surface area contributed by atoms with Crippen LogP contribution in [-0.4, -0.2) is 43.2 Å². The summed E-state index contributed by atoms with van der Waals surface area (Å²) in [4.78, 5) is 16.0. The highest BCUT2D eigenvalue weighted by Gasteiger charge is 2.27. The number of fused-ring (bicyclic) bond motifs is 5. The van der Waals surface area contributed by atoms with Gasteiger partial charge in [-0.05, 0) is 61.9 Å². The highest BCUT2D eigenvalue weighted by Crippen LogP contribution is 2.38. The number of aryl methyl sites for hydroxylation is 1. The molecule has 4 aromatic rings. The minimum Gasteiger partial charge on any atom is -0.497 e. The largest absolute Gasteiger partial charge is 0.497 e. The van der Waals surface area contributed by atoms with E-state index < -0.39 is 6.10 Å². The molecule has 9 heteroatoms. The molecular formula is C22H24N4O3S2. The van der Waals surface area contributed by atoms with Crippen LogP contribution in [0.3, 0.4) is 0 Å². The molecule has 0 fully saturated rings. The summed E-state index contributed by atoms with van der Waals surface area (Å²) in [5.74, 6) is 2.34.